The lowest BCUT2D eigenvalue weighted by atomic mass is 10.4. The van der Waals surface area contributed by atoms with Gasteiger partial charge in [-0.15, -0.1) is 0 Å². The van der Waals surface area contributed by atoms with Crippen molar-refractivity contribution >= 4 is 0 Å². The maximum Gasteiger partial charge on any atom is 0.280 e. The van der Waals surface area contributed by atoms with Crippen molar-refractivity contribution in [3.05, 3.63) is 12.0 Å². The molecule has 7 heteroatoms. The first-order valence-electron chi connectivity index (χ1n) is 3.65. The van der Waals surface area contributed by atoms with Crippen molar-refractivity contribution in [2.75, 3.05) is 0 Å². The third kappa shape index (κ3) is 1.41. The molecule has 68 valence electrons. The topological polar surface area (TPSA) is 101 Å². The monoisotopic (exact) mass is 181 g/mol. The highest BCUT2D eigenvalue weighted by atomic mass is 16.5. The zero-order valence-electron chi connectivity index (χ0n) is 6.80. The molecule has 2 aromatic heterocycles. The van der Waals surface area contributed by atoms with Gasteiger partial charge in [-0.05, 0) is 6.92 Å². The Bertz CT molecular complexity index is 379. The number of aromatic nitrogens is 5. The maximum absolute atomic E-state index is 9.11. The molecule has 0 amide bonds. The van der Waals surface area contributed by atoms with E-state index in [1.54, 1.807) is 6.92 Å². The average Bonchev–Trinajstić information content (AvgIpc) is 2.75. The van der Waals surface area contributed by atoms with Gasteiger partial charge in [0, 0.05) is 0 Å². The highest BCUT2D eigenvalue weighted by Crippen LogP contribution is 2.14. The molecule has 0 aliphatic rings. The number of hydrogen-bond donors (Lipinski definition) is 2. The highest BCUT2D eigenvalue weighted by Gasteiger charge is 2.13. The van der Waals surface area contributed by atoms with Crippen LogP contribution >= 0.6 is 0 Å². The van der Waals surface area contributed by atoms with Crippen molar-refractivity contribution in [3.8, 4) is 11.6 Å². The largest absolute Gasteiger partial charge is 0.385 e. The van der Waals surface area contributed by atoms with Gasteiger partial charge in [-0.2, -0.15) is 20.4 Å². The SMILES string of the molecule is CC(O)c1noc(-c2cn[nH]n2)n1. The summed E-state index contributed by atoms with van der Waals surface area (Å²) in [7, 11) is 0. The number of hydrogen-bond acceptors (Lipinski definition) is 6. The zero-order valence-corrected chi connectivity index (χ0v) is 6.80. The van der Waals surface area contributed by atoms with Crippen LogP contribution in [0.1, 0.15) is 18.9 Å². The normalized spacial score (nSPS) is 13.1. The third-order valence-electron chi connectivity index (χ3n) is 1.45. The first-order valence-corrected chi connectivity index (χ1v) is 3.65. The van der Waals surface area contributed by atoms with E-state index in [2.05, 4.69) is 25.6 Å². The van der Waals surface area contributed by atoms with Crippen LogP contribution in [0.4, 0.5) is 0 Å². The van der Waals surface area contributed by atoms with E-state index < -0.39 is 6.10 Å². The van der Waals surface area contributed by atoms with Gasteiger partial charge in [0.1, 0.15) is 6.10 Å². The molecule has 2 N–H and O–H groups in total. The summed E-state index contributed by atoms with van der Waals surface area (Å²) in [5, 5.41) is 22.4. The molecule has 0 spiro atoms. The van der Waals surface area contributed by atoms with E-state index in [4.69, 9.17) is 9.63 Å². The molecule has 0 radical (unpaired) electrons. The van der Waals surface area contributed by atoms with Gasteiger partial charge in [-0.1, -0.05) is 5.16 Å². The van der Waals surface area contributed by atoms with Gasteiger partial charge in [0.15, 0.2) is 11.5 Å². The third-order valence-corrected chi connectivity index (χ3v) is 1.45. The minimum atomic E-state index is -0.746. The molecule has 13 heavy (non-hydrogen) atoms. The Balaban J connectivity index is 2.33. The average molecular weight is 181 g/mol. The van der Waals surface area contributed by atoms with Crippen LogP contribution in [0.2, 0.25) is 0 Å². The second-order valence-electron chi connectivity index (χ2n) is 2.49. The van der Waals surface area contributed by atoms with Gasteiger partial charge in [-0.3, -0.25) is 0 Å². The van der Waals surface area contributed by atoms with Crippen molar-refractivity contribution in [1.82, 2.24) is 25.6 Å². The molecule has 0 saturated carbocycles. The highest BCUT2D eigenvalue weighted by molar-refractivity contribution is 5.42. The van der Waals surface area contributed by atoms with Gasteiger partial charge >= 0.3 is 0 Å². The first-order chi connectivity index (χ1) is 6.27. The number of rotatable bonds is 2. The Morgan fingerprint density at radius 2 is 2.46 bits per heavy atom. The molecule has 0 saturated heterocycles. The fraction of sp³-hybridized carbons (Fsp3) is 0.333. The van der Waals surface area contributed by atoms with Crippen LogP contribution in [0.5, 0.6) is 0 Å². The van der Waals surface area contributed by atoms with E-state index in [0.717, 1.165) is 0 Å². The van der Waals surface area contributed by atoms with Gasteiger partial charge < -0.3 is 9.63 Å². The summed E-state index contributed by atoms with van der Waals surface area (Å²) < 4.78 is 4.83. The van der Waals surface area contributed by atoms with Gasteiger partial charge in [0.05, 0.1) is 6.20 Å². The lowest BCUT2D eigenvalue weighted by Crippen LogP contribution is -1.92. The molecule has 0 fully saturated rings. The molecule has 0 aliphatic heterocycles. The van der Waals surface area contributed by atoms with Crippen LogP contribution in [0, 0.1) is 0 Å². The van der Waals surface area contributed by atoms with E-state index in [1.807, 2.05) is 0 Å². The quantitative estimate of drug-likeness (QED) is 0.671. The lowest BCUT2D eigenvalue weighted by molar-refractivity contribution is 0.184. The molecule has 1 unspecified atom stereocenters. The Morgan fingerprint density at radius 1 is 1.62 bits per heavy atom. The molecule has 1 atom stereocenters. The summed E-state index contributed by atoms with van der Waals surface area (Å²) >= 11 is 0. The fourth-order valence-electron chi connectivity index (χ4n) is 0.813. The number of aliphatic hydroxyl groups is 1. The van der Waals surface area contributed by atoms with Gasteiger partial charge in [0.25, 0.3) is 5.89 Å². The molecule has 0 aliphatic carbocycles. The zero-order chi connectivity index (χ0) is 9.26. The summed E-state index contributed by atoms with van der Waals surface area (Å²) in [6, 6.07) is 0. The van der Waals surface area contributed by atoms with E-state index in [9.17, 15) is 0 Å². The fourth-order valence-corrected chi connectivity index (χ4v) is 0.813. The molecule has 0 bridgehead atoms. The van der Waals surface area contributed by atoms with Crippen molar-refractivity contribution in [2.45, 2.75) is 13.0 Å². The van der Waals surface area contributed by atoms with Crippen LogP contribution in [0.25, 0.3) is 11.6 Å². The summed E-state index contributed by atoms with van der Waals surface area (Å²) in [6.07, 6.45) is 0.712. The number of nitrogens with one attached hydrogen (secondary N) is 1. The predicted molar refractivity (Wildman–Crippen MR) is 40.3 cm³/mol. The minimum absolute atomic E-state index is 0.234. The number of aliphatic hydroxyl groups excluding tert-OH is 1. The van der Waals surface area contributed by atoms with E-state index in [0.29, 0.717) is 5.69 Å². The molecule has 2 heterocycles. The van der Waals surface area contributed by atoms with Crippen molar-refractivity contribution in [2.24, 2.45) is 0 Å². The van der Waals surface area contributed by atoms with Crippen molar-refractivity contribution in [3.63, 3.8) is 0 Å². The maximum atomic E-state index is 9.11. The van der Waals surface area contributed by atoms with Crippen LogP contribution in [-0.2, 0) is 0 Å². The molecular formula is C6H7N5O2. The second-order valence-corrected chi connectivity index (χ2v) is 2.49. The van der Waals surface area contributed by atoms with E-state index >= 15 is 0 Å². The lowest BCUT2D eigenvalue weighted by Gasteiger charge is -1.91. The van der Waals surface area contributed by atoms with Crippen molar-refractivity contribution in [1.29, 1.82) is 0 Å². The minimum Gasteiger partial charge on any atom is -0.385 e. The van der Waals surface area contributed by atoms with Crippen LogP contribution in [-0.4, -0.2) is 30.7 Å². The molecule has 2 aromatic rings. The van der Waals surface area contributed by atoms with Crippen LogP contribution in [0.3, 0.4) is 0 Å². The Hall–Kier alpha value is -1.76. The van der Waals surface area contributed by atoms with Gasteiger partial charge in [-0.25, -0.2) is 0 Å². The number of nitrogens with zero attached hydrogens (tertiary/aromatic N) is 4. The summed E-state index contributed by atoms with van der Waals surface area (Å²) in [5.74, 6) is 0.475. The smallest absolute Gasteiger partial charge is 0.280 e. The van der Waals surface area contributed by atoms with Crippen LogP contribution < -0.4 is 0 Å². The Kier molecular flexibility index (Phi) is 1.78. The van der Waals surface area contributed by atoms with Crippen LogP contribution in [0.15, 0.2) is 10.7 Å². The molecule has 0 aromatic carbocycles. The molecular weight excluding hydrogens is 174 g/mol. The first kappa shape index (κ1) is 7.87. The Labute approximate surface area is 72.8 Å². The summed E-state index contributed by atoms with van der Waals surface area (Å²) in [5.41, 5.74) is 0.458. The van der Waals surface area contributed by atoms with Crippen molar-refractivity contribution < 1.29 is 9.63 Å². The Morgan fingerprint density at radius 3 is 3.00 bits per heavy atom. The molecule has 7 nitrogen and oxygen atoms in total. The second kappa shape index (κ2) is 2.94. The number of H-pyrrole nitrogens is 1. The number of aromatic amines is 1. The molecule has 2 rings (SSSR count). The van der Waals surface area contributed by atoms with E-state index in [1.165, 1.54) is 6.20 Å². The predicted octanol–water partition coefficient (Wildman–Crippen LogP) is -0.0920. The van der Waals surface area contributed by atoms with E-state index in [-0.39, 0.29) is 11.7 Å². The standard InChI is InChI=1S/C6H7N5O2/c1-3(12)5-8-6(13-10-5)4-2-7-11-9-4/h2-3,12H,1H3,(H,7,9,11). The summed E-state index contributed by atoms with van der Waals surface area (Å²) in [6.45, 7) is 1.55. The summed E-state index contributed by atoms with van der Waals surface area (Å²) in [4.78, 5) is 3.90. The van der Waals surface area contributed by atoms with Gasteiger partial charge in [0.2, 0.25) is 0 Å².